The summed E-state index contributed by atoms with van der Waals surface area (Å²) in [5.74, 6) is 0.785. The van der Waals surface area contributed by atoms with E-state index in [2.05, 4.69) is 16.8 Å². The number of aromatic nitrogens is 3. The fraction of sp³-hybridized carbons (Fsp3) is 0.364. The molecule has 30 heavy (non-hydrogen) atoms. The molecule has 0 aliphatic carbocycles. The summed E-state index contributed by atoms with van der Waals surface area (Å²) in [5.41, 5.74) is 2.72. The van der Waals surface area contributed by atoms with Crippen molar-refractivity contribution in [2.75, 3.05) is 31.1 Å². The third-order valence-corrected chi connectivity index (χ3v) is 5.49. The van der Waals surface area contributed by atoms with Crippen LogP contribution in [-0.2, 0) is 6.42 Å². The molecule has 156 valence electrons. The van der Waals surface area contributed by atoms with Crippen LogP contribution in [0.3, 0.4) is 0 Å². The number of anilines is 1. The molecule has 1 aliphatic heterocycles. The summed E-state index contributed by atoms with van der Waals surface area (Å²) in [4.78, 5) is 37.1. The lowest BCUT2D eigenvalue weighted by Gasteiger charge is -2.33. The molecule has 1 amide bonds. The van der Waals surface area contributed by atoms with Crippen molar-refractivity contribution in [3.05, 3.63) is 58.8 Å². The topological polar surface area (TPSA) is 91.0 Å². The molecule has 1 saturated heterocycles. The predicted molar refractivity (Wildman–Crippen MR) is 115 cm³/mol. The average molecular weight is 407 g/mol. The second kappa shape index (κ2) is 8.52. The lowest BCUT2D eigenvalue weighted by molar-refractivity contribution is 0.142. The van der Waals surface area contributed by atoms with Crippen LogP contribution in [-0.4, -0.2) is 56.6 Å². The quantitative estimate of drug-likeness (QED) is 0.699. The number of piperazine rings is 1. The zero-order valence-corrected chi connectivity index (χ0v) is 17.0. The number of nitrogens with zero attached hydrogens (tertiary/aromatic N) is 5. The zero-order chi connectivity index (χ0) is 21.1. The average Bonchev–Trinajstić information content (AvgIpc) is 2.78. The van der Waals surface area contributed by atoms with Crippen molar-refractivity contribution in [1.82, 2.24) is 19.3 Å². The lowest BCUT2D eigenvalue weighted by atomic mass is 10.0. The van der Waals surface area contributed by atoms with Crippen LogP contribution in [0.1, 0.15) is 25.5 Å². The molecular weight excluding hydrogens is 382 g/mol. The highest BCUT2D eigenvalue weighted by Gasteiger charge is 2.21. The monoisotopic (exact) mass is 407 g/mol. The van der Waals surface area contributed by atoms with Crippen molar-refractivity contribution in [3.8, 4) is 11.1 Å². The SMILES string of the molecule is CCCCc1nc2ccccn2c(=O)c1-c1ccc(N2CCN(C(=O)O)CC2)nc1. The molecule has 4 rings (SSSR count). The van der Waals surface area contributed by atoms with Crippen molar-refractivity contribution < 1.29 is 9.90 Å². The first kappa shape index (κ1) is 19.9. The molecule has 3 aromatic heterocycles. The fourth-order valence-corrected chi connectivity index (χ4v) is 3.80. The Bertz CT molecular complexity index is 1100. The second-order valence-corrected chi connectivity index (χ2v) is 7.43. The molecule has 0 atom stereocenters. The Balaban J connectivity index is 1.66. The lowest BCUT2D eigenvalue weighted by Crippen LogP contribution is -2.48. The Morgan fingerprint density at radius 1 is 1.13 bits per heavy atom. The molecule has 0 bridgehead atoms. The van der Waals surface area contributed by atoms with Gasteiger partial charge in [-0.05, 0) is 37.1 Å². The van der Waals surface area contributed by atoms with E-state index in [-0.39, 0.29) is 5.56 Å². The predicted octanol–water partition coefficient (Wildman–Crippen LogP) is 2.90. The van der Waals surface area contributed by atoms with E-state index in [1.165, 1.54) is 4.90 Å². The molecule has 0 spiro atoms. The molecule has 1 fully saturated rings. The minimum atomic E-state index is -0.887. The van der Waals surface area contributed by atoms with Gasteiger partial charge in [0, 0.05) is 44.1 Å². The van der Waals surface area contributed by atoms with E-state index in [0.717, 1.165) is 36.3 Å². The fourth-order valence-electron chi connectivity index (χ4n) is 3.80. The number of rotatable bonds is 5. The molecule has 0 radical (unpaired) electrons. The molecule has 4 heterocycles. The standard InChI is InChI=1S/C22H25N5O3/c1-2-3-6-17-20(21(28)27-10-5-4-7-19(27)24-17)16-8-9-18(23-15-16)25-11-13-26(14-12-25)22(29)30/h4-5,7-10,15H,2-3,6,11-14H2,1H3,(H,29,30). The number of fused-ring (bicyclic) bond motifs is 1. The van der Waals surface area contributed by atoms with E-state index in [1.807, 2.05) is 30.3 Å². The molecule has 0 unspecified atom stereocenters. The van der Waals surface area contributed by atoms with Gasteiger partial charge in [-0.1, -0.05) is 19.4 Å². The van der Waals surface area contributed by atoms with E-state index in [0.29, 0.717) is 37.4 Å². The van der Waals surface area contributed by atoms with Crippen LogP contribution >= 0.6 is 0 Å². The summed E-state index contributed by atoms with van der Waals surface area (Å²) >= 11 is 0. The van der Waals surface area contributed by atoms with Crippen LogP contribution in [0.2, 0.25) is 0 Å². The van der Waals surface area contributed by atoms with Crippen LogP contribution in [0.4, 0.5) is 10.6 Å². The number of carbonyl (C=O) groups is 1. The number of aryl methyl sites for hydroxylation is 1. The Hall–Kier alpha value is -3.42. The first-order valence-electron chi connectivity index (χ1n) is 10.3. The van der Waals surface area contributed by atoms with Gasteiger partial charge >= 0.3 is 6.09 Å². The number of unbranched alkanes of at least 4 members (excludes halogenated alkanes) is 1. The first-order valence-corrected chi connectivity index (χ1v) is 10.3. The highest BCUT2D eigenvalue weighted by Crippen LogP contribution is 2.23. The largest absolute Gasteiger partial charge is 0.465 e. The molecule has 8 nitrogen and oxygen atoms in total. The minimum Gasteiger partial charge on any atom is -0.465 e. The van der Waals surface area contributed by atoms with Gasteiger partial charge in [-0.2, -0.15) is 0 Å². The van der Waals surface area contributed by atoms with Crippen LogP contribution in [0.15, 0.2) is 47.5 Å². The van der Waals surface area contributed by atoms with Gasteiger partial charge in [0.05, 0.1) is 11.3 Å². The van der Waals surface area contributed by atoms with Crippen LogP contribution in [0, 0.1) is 0 Å². The summed E-state index contributed by atoms with van der Waals surface area (Å²) < 4.78 is 1.57. The Morgan fingerprint density at radius 2 is 1.93 bits per heavy atom. The van der Waals surface area contributed by atoms with Gasteiger partial charge in [0.15, 0.2) is 0 Å². The van der Waals surface area contributed by atoms with E-state index < -0.39 is 6.09 Å². The van der Waals surface area contributed by atoms with E-state index in [9.17, 15) is 9.59 Å². The maximum atomic E-state index is 13.2. The van der Waals surface area contributed by atoms with Crippen LogP contribution in [0.25, 0.3) is 16.8 Å². The maximum absolute atomic E-state index is 13.2. The molecule has 1 aliphatic rings. The van der Waals surface area contributed by atoms with Gasteiger partial charge in [-0.3, -0.25) is 9.20 Å². The summed E-state index contributed by atoms with van der Waals surface area (Å²) in [7, 11) is 0. The van der Waals surface area contributed by atoms with Gasteiger partial charge in [-0.15, -0.1) is 0 Å². The van der Waals surface area contributed by atoms with Gasteiger partial charge in [0.25, 0.3) is 5.56 Å². The maximum Gasteiger partial charge on any atom is 0.407 e. The zero-order valence-electron chi connectivity index (χ0n) is 17.0. The number of hydrogen-bond acceptors (Lipinski definition) is 5. The molecule has 0 aromatic carbocycles. The third kappa shape index (κ3) is 3.85. The molecule has 1 N–H and O–H groups in total. The van der Waals surface area contributed by atoms with Gasteiger partial charge in [0.1, 0.15) is 11.5 Å². The third-order valence-electron chi connectivity index (χ3n) is 5.49. The number of hydrogen-bond donors (Lipinski definition) is 1. The van der Waals surface area contributed by atoms with Crippen LogP contribution < -0.4 is 10.5 Å². The number of amides is 1. The Morgan fingerprint density at radius 3 is 2.60 bits per heavy atom. The smallest absolute Gasteiger partial charge is 0.407 e. The Kier molecular flexibility index (Phi) is 5.65. The molecule has 3 aromatic rings. The van der Waals surface area contributed by atoms with Crippen molar-refractivity contribution in [1.29, 1.82) is 0 Å². The van der Waals surface area contributed by atoms with Crippen molar-refractivity contribution >= 4 is 17.6 Å². The first-order chi connectivity index (χ1) is 14.6. The van der Waals surface area contributed by atoms with E-state index in [1.54, 1.807) is 16.8 Å². The summed E-state index contributed by atoms with van der Waals surface area (Å²) in [6, 6.07) is 9.36. The van der Waals surface area contributed by atoms with Crippen molar-refractivity contribution in [3.63, 3.8) is 0 Å². The summed E-state index contributed by atoms with van der Waals surface area (Å²) in [6.07, 6.45) is 5.30. The molecule has 8 heteroatoms. The second-order valence-electron chi connectivity index (χ2n) is 7.43. The minimum absolute atomic E-state index is 0.0867. The highest BCUT2D eigenvalue weighted by atomic mass is 16.4. The van der Waals surface area contributed by atoms with Crippen molar-refractivity contribution in [2.24, 2.45) is 0 Å². The highest BCUT2D eigenvalue weighted by molar-refractivity contribution is 5.68. The summed E-state index contributed by atoms with van der Waals surface area (Å²) in [6.45, 7) is 4.22. The van der Waals surface area contributed by atoms with Crippen LogP contribution in [0.5, 0.6) is 0 Å². The normalized spacial score (nSPS) is 14.3. The van der Waals surface area contributed by atoms with Gasteiger partial charge < -0.3 is 14.9 Å². The van der Waals surface area contributed by atoms with Crippen molar-refractivity contribution in [2.45, 2.75) is 26.2 Å². The van der Waals surface area contributed by atoms with Gasteiger partial charge in [0.2, 0.25) is 0 Å². The number of carboxylic acid groups (broad SMARTS) is 1. The molecule has 0 saturated carbocycles. The van der Waals surface area contributed by atoms with E-state index >= 15 is 0 Å². The van der Waals surface area contributed by atoms with E-state index in [4.69, 9.17) is 10.1 Å². The molecular formula is C22H25N5O3. The van der Waals surface area contributed by atoms with Gasteiger partial charge in [-0.25, -0.2) is 14.8 Å². The Labute approximate surface area is 174 Å². The summed E-state index contributed by atoms with van der Waals surface area (Å²) in [5, 5.41) is 9.10. The number of pyridine rings is 2.